The van der Waals surface area contributed by atoms with E-state index in [0.717, 1.165) is 34.0 Å². The normalized spacial score (nSPS) is 10.9. The maximum atomic E-state index is 11.9. The Labute approximate surface area is 178 Å². The molecule has 0 saturated heterocycles. The minimum absolute atomic E-state index is 0.185. The minimum Gasteiger partial charge on any atom is -0.496 e. The highest BCUT2D eigenvalue weighted by atomic mass is 32.1. The molecule has 0 aliphatic carbocycles. The van der Waals surface area contributed by atoms with Gasteiger partial charge < -0.3 is 31.8 Å². The summed E-state index contributed by atoms with van der Waals surface area (Å²) < 4.78 is 5.40. The summed E-state index contributed by atoms with van der Waals surface area (Å²) in [7, 11) is 1.64. The number of nitrogens with zero attached hydrogens (tertiary/aromatic N) is 1. The Morgan fingerprint density at radius 3 is 2.63 bits per heavy atom. The van der Waals surface area contributed by atoms with Crippen LogP contribution in [-0.2, 0) is 0 Å². The molecular formula is C21H22N6O2S. The molecule has 0 fully saturated rings. The number of carbonyl (C=O) groups excluding carboxylic acids is 1. The van der Waals surface area contributed by atoms with Gasteiger partial charge in [-0.25, -0.2) is 9.78 Å². The van der Waals surface area contributed by atoms with E-state index in [1.807, 2.05) is 41.8 Å². The predicted octanol–water partition coefficient (Wildman–Crippen LogP) is 4.18. The zero-order chi connectivity index (χ0) is 21.3. The molecule has 1 aromatic heterocycles. The first-order chi connectivity index (χ1) is 14.6. The van der Waals surface area contributed by atoms with Gasteiger partial charge in [0.1, 0.15) is 5.75 Å². The summed E-state index contributed by atoms with van der Waals surface area (Å²) in [6.07, 6.45) is 2.38. The monoisotopic (exact) mass is 422 g/mol. The van der Waals surface area contributed by atoms with E-state index in [-0.39, 0.29) is 12.6 Å². The first-order valence-corrected chi connectivity index (χ1v) is 9.93. The number of hydrogen-bond acceptors (Lipinski definition) is 7. The molecule has 0 aliphatic rings. The van der Waals surface area contributed by atoms with E-state index in [2.05, 4.69) is 20.9 Å². The lowest BCUT2D eigenvalue weighted by Gasteiger charge is -2.09. The number of para-hydroxylation sites is 1. The molecule has 0 spiro atoms. The van der Waals surface area contributed by atoms with Crippen LogP contribution in [0.3, 0.4) is 0 Å². The van der Waals surface area contributed by atoms with Gasteiger partial charge in [-0.1, -0.05) is 12.1 Å². The van der Waals surface area contributed by atoms with Crippen molar-refractivity contribution in [1.29, 1.82) is 5.41 Å². The number of nitrogens with two attached hydrogens (primary N) is 1. The minimum atomic E-state index is -0.377. The van der Waals surface area contributed by atoms with Crippen LogP contribution in [0, 0.1) is 5.41 Å². The summed E-state index contributed by atoms with van der Waals surface area (Å²) in [6.45, 7) is 0.185. The van der Waals surface area contributed by atoms with Crippen LogP contribution < -0.4 is 26.4 Å². The zero-order valence-electron chi connectivity index (χ0n) is 16.3. The summed E-state index contributed by atoms with van der Waals surface area (Å²) in [4.78, 5) is 16.5. The number of carbonyl (C=O) groups is 1. The Bertz CT molecular complexity index is 1050. The maximum Gasteiger partial charge on any atom is 0.319 e. The van der Waals surface area contributed by atoms with Crippen molar-refractivity contribution >= 4 is 40.1 Å². The molecule has 2 aromatic carbocycles. The molecule has 0 radical (unpaired) electrons. The van der Waals surface area contributed by atoms with E-state index in [4.69, 9.17) is 15.9 Å². The fraction of sp³-hybridized carbons (Fsp3) is 0.0952. The number of nitrogens with one attached hydrogen (secondary N) is 4. The first kappa shape index (κ1) is 20.9. The Morgan fingerprint density at radius 2 is 1.93 bits per heavy atom. The summed E-state index contributed by atoms with van der Waals surface area (Å²) in [5, 5.41) is 18.5. The van der Waals surface area contributed by atoms with Crippen LogP contribution in [-0.4, -0.2) is 30.9 Å². The highest BCUT2D eigenvalue weighted by Crippen LogP contribution is 2.32. The van der Waals surface area contributed by atoms with Crippen molar-refractivity contribution in [2.24, 2.45) is 5.73 Å². The largest absolute Gasteiger partial charge is 0.496 e. The summed E-state index contributed by atoms with van der Waals surface area (Å²) in [6, 6.07) is 14.6. The van der Waals surface area contributed by atoms with Crippen LogP contribution in [0.1, 0.15) is 0 Å². The quantitative estimate of drug-likeness (QED) is 0.348. The summed E-state index contributed by atoms with van der Waals surface area (Å²) >= 11 is 1.50. The van der Waals surface area contributed by atoms with Crippen molar-refractivity contribution in [2.45, 2.75) is 0 Å². The van der Waals surface area contributed by atoms with Crippen molar-refractivity contribution in [1.82, 2.24) is 10.3 Å². The van der Waals surface area contributed by atoms with Crippen molar-refractivity contribution in [3.8, 4) is 17.0 Å². The second kappa shape index (κ2) is 10.1. The molecule has 3 rings (SSSR count). The number of urea groups is 1. The molecular weight excluding hydrogens is 400 g/mol. The van der Waals surface area contributed by atoms with Gasteiger partial charge in [0.2, 0.25) is 0 Å². The molecule has 1 heterocycles. The summed E-state index contributed by atoms with van der Waals surface area (Å²) in [5.74, 6) is 0.776. The third-order valence-electron chi connectivity index (χ3n) is 4.13. The van der Waals surface area contributed by atoms with Gasteiger partial charge >= 0.3 is 6.03 Å². The van der Waals surface area contributed by atoms with E-state index in [1.165, 1.54) is 17.5 Å². The lowest BCUT2D eigenvalue weighted by Crippen LogP contribution is -2.30. The summed E-state index contributed by atoms with van der Waals surface area (Å²) in [5.41, 5.74) is 9.12. The zero-order valence-corrected chi connectivity index (χ0v) is 17.1. The second-order valence-corrected chi connectivity index (χ2v) is 6.99. The van der Waals surface area contributed by atoms with Gasteiger partial charge in [0.25, 0.3) is 0 Å². The molecule has 0 bridgehead atoms. The molecule has 0 atom stereocenters. The van der Waals surface area contributed by atoms with Crippen LogP contribution in [0.5, 0.6) is 5.75 Å². The third-order valence-corrected chi connectivity index (χ3v) is 4.89. The van der Waals surface area contributed by atoms with Crippen LogP contribution in [0.25, 0.3) is 11.3 Å². The fourth-order valence-electron chi connectivity index (χ4n) is 2.59. The average molecular weight is 423 g/mol. The number of benzene rings is 2. The number of amides is 2. The molecule has 8 nitrogen and oxygen atoms in total. The van der Waals surface area contributed by atoms with Crippen molar-refractivity contribution in [3.05, 3.63) is 65.7 Å². The maximum absolute atomic E-state index is 11.9. The SMILES string of the molecule is COc1ccccc1-c1csc(Nc2ccc(NC(=O)NC/C(C=N)=C/N)cc2)n1. The van der Waals surface area contributed by atoms with Crippen LogP contribution in [0.4, 0.5) is 21.3 Å². The van der Waals surface area contributed by atoms with E-state index in [1.54, 1.807) is 19.2 Å². The van der Waals surface area contributed by atoms with Crippen LogP contribution in [0.2, 0.25) is 0 Å². The molecule has 0 saturated carbocycles. The van der Waals surface area contributed by atoms with Crippen molar-refractivity contribution in [3.63, 3.8) is 0 Å². The standard InChI is InChI=1S/C21H22N6O2S/c1-29-19-5-3-2-4-17(19)18-13-30-21(27-18)26-16-8-6-15(7-9-16)25-20(28)24-12-14(10-22)11-23/h2-11,13,22H,12,23H2,1H3,(H,26,27)(H2,24,25,28)/b14-11+,22-10?. The Balaban J connectivity index is 1.59. The molecule has 6 N–H and O–H groups in total. The molecule has 154 valence electrons. The number of hydrogen-bond donors (Lipinski definition) is 5. The molecule has 0 aliphatic heterocycles. The lowest BCUT2D eigenvalue weighted by atomic mass is 10.1. The highest BCUT2D eigenvalue weighted by Gasteiger charge is 2.10. The number of anilines is 3. The molecule has 9 heteroatoms. The molecule has 3 aromatic rings. The molecule has 2 amide bonds. The lowest BCUT2D eigenvalue weighted by molar-refractivity contribution is 0.253. The number of rotatable bonds is 8. The average Bonchev–Trinajstić information content (AvgIpc) is 3.24. The number of thiazole rings is 1. The molecule has 0 unspecified atom stereocenters. The Morgan fingerprint density at radius 1 is 1.20 bits per heavy atom. The number of ether oxygens (including phenoxy) is 1. The van der Waals surface area contributed by atoms with E-state index < -0.39 is 0 Å². The van der Waals surface area contributed by atoms with Crippen LogP contribution >= 0.6 is 11.3 Å². The van der Waals surface area contributed by atoms with Crippen molar-refractivity contribution < 1.29 is 9.53 Å². The first-order valence-electron chi connectivity index (χ1n) is 9.05. The van der Waals surface area contributed by atoms with E-state index in [9.17, 15) is 4.79 Å². The fourth-order valence-corrected chi connectivity index (χ4v) is 3.32. The number of methoxy groups -OCH3 is 1. The third kappa shape index (κ3) is 5.36. The van der Waals surface area contributed by atoms with E-state index in [0.29, 0.717) is 11.3 Å². The van der Waals surface area contributed by atoms with Gasteiger partial charge in [-0.2, -0.15) is 0 Å². The van der Waals surface area contributed by atoms with Gasteiger partial charge in [0, 0.05) is 46.9 Å². The predicted molar refractivity (Wildman–Crippen MR) is 122 cm³/mol. The Kier molecular flexibility index (Phi) is 7.01. The smallest absolute Gasteiger partial charge is 0.319 e. The van der Waals surface area contributed by atoms with Gasteiger partial charge in [0.15, 0.2) is 5.13 Å². The van der Waals surface area contributed by atoms with Gasteiger partial charge in [-0.05, 0) is 36.4 Å². The van der Waals surface area contributed by atoms with Gasteiger partial charge in [-0.3, -0.25) is 0 Å². The Hall–Kier alpha value is -3.85. The van der Waals surface area contributed by atoms with Gasteiger partial charge in [0.05, 0.1) is 12.8 Å². The highest BCUT2D eigenvalue weighted by molar-refractivity contribution is 7.14. The number of aromatic nitrogens is 1. The van der Waals surface area contributed by atoms with Crippen LogP contribution in [0.15, 0.2) is 65.7 Å². The second-order valence-electron chi connectivity index (χ2n) is 6.13. The topological polar surface area (TPSA) is 125 Å². The van der Waals surface area contributed by atoms with Crippen molar-refractivity contribution in [2.75, 3.05) is 24.3 Å². The van der Waals surface area contributed by atoms with E-state index >= 15 is 0 Å². The molecule has 30 heavy (non-hydrogen) atoms. The van der Waals surface area contributed by atoms with Gasteiger partial charge in [-0.15, -0.1) is 11.3 Å².